The molecule has 0 N–H and O–H groups in total. The van der Waals surface area contributed by atoms with Gasteiger partial charge in [0.2, 0.25) is 0 Å². The quantitative estimate of drug-likeness (QED) is 0.818. The van der Waals surface area contributed by atoms with E-state index in [-0.39, 0.29) is 5.69 Å². The molecule has 0 atom stereocenters. The molecule has 0 fully saturated rings. The number of rotatable bonds is 3. The fourth-order valence-electron chi connectivity index (χ4n) is 1.60. The van der Waals surface area contributed by atoms with Crippen LogP contribution < -0.4 is 0 Å². The van der Waals surface area contributed by atoms with Crippen LogP contribution in [0, 0.1) is 11.6 Å². The summed E-state index contributed by atoms with van der Waals surface area (Å²) in [7, 11) is 0. The molecule has 2 rings (SSSR count). The molecule has 90 valence electrons. The zero-order valence-corrected chi connectivity index (χ0v) is 10.0. The Kier molecular flexibility index (Phi) is 3.43. The molecular weight excluding hydrogens is 246 g/mol. The molecule has 1 aromatic carbocycles. The minimum atomic E-state index is -0.682. The highest BCUT2D eigenvalue weighted by Gasteiger charge is 2.11. The lowest BCUT2D eigenvalue weighted by Crippen LogP contribution is -2.01. The molecule has 17 heavy (non-hydrogen) atoms. The Labute approximate surface area is 103 Å². The van der Waals surface area contributed by atoms with Gasteiger partial charge in [-0.1, -0.05) is 24.9 Å². The maximum Gasteiger partial charge on any atom is 0.151 e. The molecule has 0 bridgehead atoms. The maximum atomic E-state index is 13.6. The van der Waals surface area contributed by atoms with E-state index in [4.69, 9.17) is 11.6 Å². The van der Waals surface area contributed by atoms with Gasteiger partial charge in [0.25, 0.3) is 0 Å². The van der Waals surface area contributed by atoms with E-state index in [1.165, 1.54) is 16.8 Å². The number of halogens is 3. The predicted octanol–water partition coefficient (Wildman–Crippen LogP) is 3.76. The summed E-state index contributed by atoms with van der Waals surface area (Å²) in [6, 6.07) is 5.00. The molecular formula is C12H11ClF2N2. The Hall–Kier alpha value is -1.42. The Morgan fingerprint density at radius 1 is 1.29 bits per heavy atom. The van der Waals surface area contributed by atoms with Crippen LogP contribution in [0.2, 0.25) is 5.15 Å². The van der Waals surface area contributed by atoms with Gasteiger partial charge >= 0.3 is 0 Å². The molecule has 1 aromatic heterocycles. The second-order valence-corrected chi connectivity index (χ2v) is 4.10. The molecule has 0 aliphatic carbocycles. The van der Waals surface area contributed by atoms with Gasteiger partial charge in [-0.05, 0) is 24.6 Å². The van der Waals surface area contributed by atoms with E-state index in [0.29, 0.717) is 5.15 Å². The van der Waals surface area contributed by atoms with Gasteiger partial charge in [0.1, 0.15) is 16.7 Å². The number of nitrogens with zero attached hydrogens (tertiary/aromatic N) is 2. The van der Waals surface area contributed by atoms with Crippen LogP contribution in [0.15, 0.2) is 24.3 Å². The molecule has 0 saturated heterocycles. The van der Waals surface area contributed by atoms with Crippen molar-refractivity contribution in [1.82, 2.24) is 9.78 Å². The zero-order chi connectivity index (χ0) is 12.4. The van der Waals surface area contributed by atoms with E-state index in [0.717, 1.165) is 24.6 Å². The molecule has 0 aliphatic rings. The number of hydrogen-bond donors (Lipinski definition) is 0. The van der Waals surface area contributed by atoms with E-state index >= 15 is 0 Å². The summed E-state index contributed by atoms with van der Waals surface area (Å²) in [5.41, 5.74) is 0.944. The molecule has 2 nitrogen and oxygen atoms in total. The van der Waals surface area contributed by atoms with Crippen molar-refractivity contribution in [1.29, 1.82) is 0 Å². The molecule has 1 heterocycles. The molecule has 2 aromatic rings. The topological polar surface area (TPSA) is 17.8 Å². The van der Waals surface area contributed by atoms with Crippen molar-refractivity contribution < 1.29 is 8.78 Å². The van der Waals surface area contributed by atoms with Gasteiger partial charge in [-0.15, -0.1) is 0 Å². The fraction of sp³-hybridized carbons (Fsp3) is 0.250. The third-order valence-electron chi connectivity index (χ3n) is 2.36. The summed E-state index contributed by atoms with van der Waals surface area (Å²) in [5, 5.41) is 4.50. The number of hydrogen-bond acceptors (Lipinski definition) is 1. The van der Waals surface area contributed by atoms with Gasteiger partial charge in [0, 0.05) is 6.07 Å². The third kappa shape index (κ3) is 2.47. The van der Waals surface area contributed by atoms with Crippen molar-refractivity contribution in [2.24, 2.45) is 0 Å². The van der Waals surface area contributed by atoms with Crippen molar-refractivity contribution in [2.45, 2.75) is 19.8 Å². The first-order valence-electron chi connectivity index (χ1n) is 5.31. The first-order valence-corrected chi connectivity index (χ1v) is 5.69. The van der Waals surface area contributed by atoms with Crippen LogP contribution in [-0.2, 0) is 6.42 Å². The number of aryl methyl sites for hydroxylation is 1. The fourth-order valence-corrected chi connectivity index (χ4v) is 1.86. The lowest BCUT2D eigenvalue weighted by molar-refractivity contribution is 0.573. The minimum Gasteiger partial charge on any atom is -0.219 e. The second-order valence-electron chi connectivity index (χ2n) is 3.72. The van der Waals surface area contributed by atoms with E-state index in [9.17, 15) is 8.78 Å². The molecule has 0 saturated carbocycles. The Morgan fingerprint density at radius 2 is 2.06 bits per heavy atom. The number of aromatic nitrogens is 2. The van der Waals surface area contributed by atoms with Crippen LogP contribution in [0.4, 0.5) is 8.78 Å². The summed E-state index contributed by atoms with van der Waals surface area (Å²) < 4.78 is 27.6. The third-order valence-corrected chi connectivity index (χ3v) is 2.63. The second kappa shape index (κ2) is 4.84. The summed E-state index contributed by atoms with van der Waals surface area (Å²) in [4.78, 5) is 0. The lowest BCUT2D eigenvalue weighted by Gasteiger charge is -2.04. The molecule has 5 heteroatoms. The SMILES string of the molecule is CCCc1cc(Cl)n(-c2ccc(F)cc2F)n1. The first kappa shape index (κ1) is 12.0. The summed E-state index contributed by atoms with van der Waals surface area (Å²) in [6.07, 6.45) is 1.70. The molecule has 0 spiro atoms. The largest absolute Gasteiger partial charge is 0.219 e. The van der Waals surface area contributed by atoms with Crippen LogP contribution in [0.25, 0.3) is 5.69 Å². The van der Waals surface area contributed by atoms with E-state index < -0.39 is 11.6 Å². The van der Waals surface area contributed by atoms with Crippen molar-refractivity contribution in [3.05, 3.63) is 46.7 Å². The van der Waals surface area contributed by atoms with Gasteiger partial charge in [-0.2, -0.15) is 5.10 Å². The monoisotopic (exact) mass is 256 g/mol. The van der Waals surface area contributed by atoms with Crippen LogP contribution in [0.1, 0.15) is 19.0 Å². The normalized spacial score (nSPS) is 10.8. The van der Waals surface area contributed by atoms with E-state index in [1.807, 2.05) is 6.92 Å². The van der Waals surface area contributed by atoms with Crippen molar-refractivity contribution in [3.8, 4) is 5.69 Å². The van der Waals surface area contributed by atoms with Crippen LogP contribution in [0.3, 0.4) is 0 Å². The molecule has 0 amide bonds. The highest BCUT2D eigenvalue weighted by atomic mass is 35.5. The van der Waals surface area contributed by atoms with Crippen LogP contribution >= 0.6 is 11.6 Å². The number of benzene rings is 1. The summed E-state index contributed by atoms with van der Waals surface area (Å²) >= 11 is 5.97. The molecule has 0 radical (unpaired) electrons. The maximum absolute atomic E-state index is 13.6. The van der Waals surface area contributed by atoms with Crippen LogP contribution in [-0.4, -0.2) is 9.78 Å². The highest BCUT2D eigenvalue weighted by Crippen LogP contribution is 2.21. The van der Waals surface area contributed by atoms with Gasteiger partial charge in [-0.25, -0.2) is 13.5 Å². The van der Waals surface area contributed by atoms with Gasteiger partial charge in [-0.3, -0.25) is 0 Å². The summed E-state index contributed by atoms with van der Waals surface area (Å²) in [6.45, 7) is 2.02. The van der Waals surface area contributed by atoms with E-state index in [2.05, 4.69) is 5.10 Å². The van der Waals surface area contributed by atoms with Gasteiger partial charge < -0.3 is 0 Å². The van der Waals surface area contributed by atoms with Crippen LogP contribution in [0.5, 0.6) is 0 Å². The predicted molar refractivity (Wildman–Crippen MR) is 62.5 cm³/mol. The smallest absolute Gasteiger partial charge is 0.151 e. The zero-order valence-electron chi connectivity index (χ0n) is 9.25. The van der Waals surface area contributed by atoms with Crippen molar-refractivity contribution >= 4 is 11.6 Å². The first-order chi connectivity index (χ1) is 8.11. The minimum absolute atomic E-state index is 0.152. The standard InChI is InChI=1S/C12H11ClF2N2/c1-2-3-9-7-12(13)17(16-9)11-5-4-8(14)6-10(11)15/h4-7H,2-3H2,1H3. The van der Waals surface area contributed by atoms with Gasteiger partial charge in [0.05, 0.1) is 5.69 Å². The van der Waals surface area contributed by atoms with Gasteiger partial charge in [0.15, 0.2) is 5.82 Å². The summed E-state index contributed by atoms with van der Waals surface area (Å²) in [5.74, 6) is -1.30. The Balaban J connectivity index is 2.45. The van der Waals surface area contributed by atoms with E-state index in [1.54, 1.807) is 6.07 Å². The average molecular weight is 257 g/mol. The van der Waals surface area contributed by atoms with Crippen molar-refractivity contribution in [3.63, 3.8) is 0 Å². The lowest BCUT2D eigenvalue weighted by atomic mass is 10.3. The Morgan fingerprint density at radius 3 is 2.71 bits per heavy atom. The molecule has 0 unspecified atom stereocenters. The molecule has 0 aliphatic heterocycles. The van der Waals surface area contributed by atoms with Crippen molar-refractivity contribution in [2.75, 3.05) is 0 Å². The highest BCUT2D eigenvalue weighted by molar-refractivity contribution is 6.29. The average Bonchev–Trinajstić information content (AvgIpc) is 2.60. The Bertz CT molecular complexity index is 537.